The lowest BCUT2D eigenvalue weighted by Gasteiger charge is -2.38. The zero-order valence-corrected chi connectivity index (χ0v) is 13.7. The fourth-order valence-corrected chi connectivity index (χ4v) is 2.89. The van der Waals surface area contributed by atoms with Gasteiger partial charge in [-0.2, -0.15) is 0 Å². The highest BCUT2D eigenvalue weighted by Crippen LogP contribution is 2.21. The SMILES string of the molecule is CCCNC(=O)CN1CCN(C(C(N)=O)c2ccccc2)CC1. The minimum atomic E-state index is -0.396. The zero-order valence-electron chi connectivity index (χ0n) is 13.7. The van der Waals surface area contributed by atoms with E-state index in [9.17, 15) is 9.59 Å². The van der Waals surface area contributed by atoms with Crippen LogP contribution < -0.4 is 11.1 Å². The van der Waals surface area contributed by atoms with E-state index in [1.54, 1.807) is 0 Å². The highest BCUT2D eigenvalue weighted by atomic mass is 16.2. The van der Waals surface area contributed by atoms with Gasteiger partial charge in [-0.25, -0.2) is 0 Å². The fraction of sp³-hybridized carbons (Fsp3) is 0.529. The molecule has 0 saturated carbocycles. The Balaban J connectivity index is 1.89. The number of carbonyl (C=O) groups is 2. The van der Waals surface area contributed by atoms with E-state index in [4.69, 9.17) is 5.73 Å². The molecule has 1 aromatic rings. The first-order valence-electron chi connectivity index (χ1n) is 8.19. The number of primary amides is 1. The molecule has 0 aliphatic carbocycles. The van der Waals surface area contributed by atoms with Crippen LogP contribution in [0.4, 0.5) is 0 Å². The maximum absolute atomic E-state index is 11.9. The van der Waals surface area contributed by atoms with Crippen LogP contribution in [-0.2, 0) is 9.59 Å². The lowest BCUT2D eigenvalue weighted by molar-refractivity contribution is -0.126. The molecular weight excluding hydrogens is 292 g/mol. The Morgan fingerprint density at radius 2 is 1.83 bits per heavy atom. The summed E-state index contributed by atoms with van der Waals surface area (Å²) in [4.78, 5) is 27.9. The van der Waals surface area contributed by atoms with Crippen molar-refractivity contribution in [2.75, 3.05) is 39.3 Å². The van der Waals surface area contributed by atoms with Gasteiger partial charge < -0.3 is 11.1 Å². The Kier molecular flexibility index (Phi) is 6.55. The number of nitrogens with one attached hydrogen (secondary N) is 1. The molecule has 1 atom stereocenters. The molecule has 1 saturated heterocycles. The molecule has 3 N–H and O–H groups in total. The van der Waals surface area contributed by atoms with Crippen LogP contribution in [-0.4, -0.2) is 60.9 Å². The number of amides is 2. The molecule has 2 amide bonds. The predicted octanol–water partition coefficient (Wildman–Crippen LogP) is 0.357. The first-order chi connectivity index (χ1) is 11.1. The lowest BCUT2D eigenvalue weighted by Crippen LogP contribution is -2.52. The monoisotopic (exact) mass is 318 g/mol. The molecule has 0 bridgehead atoms. The molecule has 6 nitrogen and oxygen atoms in total. The Morgan fingerprint density at radius 1 is 1.17 bits per heavy atom. The minimum absolute atomic E-state index is 0.0646. The first kappa shape index (κ1) is 17.4. The molecular formula is C17H26N4O2. The fourth-order valence-electron chi connectivity index (χ4n) is 2.89. The third-order valence-corrected chi connectivity index (χ3v) is 4.10. The molecule has 1 unspecified atom stereocenters. The molecule has 0 aromatic heterocycles. The Labute approximate surface area is 137 Å². The van der Waals surface area contributed by atoms with Crippen molar-refractivity contribution in [1.29, 1.82) is 0 Å². The highest BCUT2D eigenvalue weighted by molar-refractivity contribution is 5.81. The number of nitrogens with zero attached hydrogens (tertiary/aromatic N) is 2. The van der Waals surface area contributed by atoms with Gasteiger partial charge in [-0.15, -0.1) is 0 Å². The average molecular weight is 318 g/mol. The van der Waals surface area contributed by atoms with Crippen LogP contribution in [0.25, 0.3) is 0 Å². The van der Waals surface area contributed by atoms with Gasteiger partial charge in [0.2, 0.25) is 11.8 Å². The molecule has 1 aliphatic heterocycles. The standard InChI is InChI=1S/C17H26N4O2/c1-2-8-19-15(22)13-20-9-11-21(12-10-20)16(17(18)23)14-6-4-3-5-7-14/h3-7,16H,2,8-13H2,1H3,(H2,18,23)(H,19,22). The van der Waals surface area contributed by atoms with E-state index in [0.29, 0.717) is 6.54 Å². The van der Waals surface area contributed by atoms with E-state index in [1.165, 1.54) is 0 Å². The van der Waals surface area contributed by atoms with E-state index in [1.807, 2.05) is 37.3 Å². The lowest BCUT2D eigenvalue weighted by atomic mass is 10.0. The summed E-state index contributed by atoms with van der Waals surface area (Å²) in [5.74, 6) is -0.264. The van der Waals surface area contributed by atoms with Gasteiger partial charge in [0, 0.05) is 32.7 Å². The summed E-state index contributed by atoms with van der Waals surface area (Å²) >= 11 is 0. The first-order valence-corrected chi connectivity index (χ1v) is 8.19. The average Bonchev–Trinajstić information content (AvgIpc) is 2.55. The summed E-state index contributed by atoms with van der Waals surface area (Å²) in [5, 5.41) is 2.89. The summed E-state index contributed by atoms with van der Waals surface area (Å²) < 4.78 is 0. The molecule has 0 spiro atoms. The van der Waals surface area contributed by atoms with Crippen LogP contribution in [0.1, 0.15) is 24.9 Å². The van der Waals surface area contributed by atoms with Gasteiger partial charge >= 0.3 is 0 Å². The molecule has 1 aromatic carbocycles. The number of nitrogens with two attached hydrogens (primary N) is 1. The van der Waals surface area contributed by atoms with Gasteiger partial charge in [0.05, 0.1) is 6.54 Å². The molecule has 1 fully saturated rings. The van der Waals surface area contributed by atoms with Gasteiger partial charge in [-0.05, 0) is 12.0 Å². The van der Waals surface area contributed by atoms with Crippen LogP contribution in [0, 0.1) is 0 Å². The Bertz CT molecular complexity index is 513. The number of carbonyl (C=O) groups excluding carboxylic acids is 2. The quantitative estimate of drug-likeness (QED) is 0.761. The van der Waals surface area contributed by atoms with Gasteiger partial charge in [0.25, 0.3) is 0 Å². The van der Waals surface area contributed by atoms with Crippen LogP contribution >= 0.6 is 0 Å². The van der Waals surface area contributed by atoms with Crippen molar-refractivity contribution in [1.82, 2.24) is 15.1 Å². The normalized spacial score (nSPS) is 17.6. The topological polar surface area (TPSA) is 78.7 Å². The molecule has 1 aliphatic rings. The van der Waals surface area contributed by atoms with E-state index in [-0.39, 0.29) is 11.8 Å². The second kappa shape index (κ2) is 8.64. The van der Waals surface area contributed by atoms with Crippen LogP contribution in [0.15, 0.2) is 30.3 Å². The molecule has 0 radical (unpaired) electrons. The maximum atomic E-state index is 11.9. The molecule has 6 heteroatoms. The minimum Gasteiger partial charge on any atom is -0.368 e. The maximum Gasteiger partial charge on any atom is 0.239 e. The molecule has 126 valence electrons. The van der Waals surface area contributed by atoms with Gasteiger partial charge in [0.15, 0.2) is 0 Å². The van der Waals surface area contributed by atoms with E-state index in [2.05, 4.69) is 15.1 Å². The van der Waals surface area contributed by atoms with Crippen molar-refractivity contribution in [2.24, 2.45) is 5.73 Å². The molecule has 23 heavy (non-hydrogen) atoms. The number of benzene rings is 1. The van der Waals surface area contributed by atoms with Gasteiger partial charge in [-0.3, -0.25) is 19.4 Å². The number of piperazine rings is 1. The van der Waals surface area contributed by atoms with E-state index in [0.717, 1.165) is 44.7 Å². The second-order valence-corrected chi connectivity index (χ2v) is 5.88. The summed E-state index contributed by atoms with van der Waals surface area (Å²) in [5.41, 5.74) is 6.54. The van der Waals surface area contributed by atoms with E-state index >= 15 is 0 Å². The third-order valence-electron chi connectivity index (χ3n) is 4.10. The predicted molar refractivity (Wildman–Crippen MR) is 89.7 cm³/mol. The summed E-state index contributed by atoms with van der Waals surface area (Å²) in [6, 6.07) is 9.22. The smallest absolute Gasteiger partial charge is 0.239 e. The van der Waals surface area contributed by atoms with Crippen molar-refractivity contribution < 1.29 is 9.59 Å². The Hall–Kier alpha value is -1.92. The van der Waals surface area contributed by atoms with Crippen molar-refractivity contribution in [3.8, 4) is 0 Å². The van der Waals surface area contributed by atoms with Crippen LogP contribution in [0.3, 0.4) is 0 Å². The van der Waals surface area contributed by atoms with Crippen molar-refractivity contribution in [3.63, 3.8) is 0 Å². The summed E-state index contributed by atoms with van der Waals surface area (Å²) in [6.45, 7) is 6.14. The Morgan fingerprint density at radius 3 is 2.39 bits per heavy atom. The summed E-state index contributed by atoms with van der Waals surface area (Å²) in [6.07, 6.45) is 0.941. The second-order valence-electron chi connectivity index (χ2n) is 5.88. The summed E-state index contributed by atoms with van der Waals surface area (Å²) in [7, 11) is 0. The van der Waals surface area contributed by atoms with Gasteiger partial charge in [0.1, 0.15) is 6.04 Å². The molecule has 2 rings (SSSR count). The van der Waals surface area contributed by atoms with Crippen molar-refractivity contribution in [2.45, 2.75) is 19.4 Å². The van der Waals surface area contributed by atoms with Gasteiger partial charge in [-0.1, -0.05) is 37.3 Å². The molecule has 1 heterocycles. The number of hydrogen-bond donors (Lipinski definition) is 2. The number of rotatable bonds is 7. The van der Waals surface area contributed by atoms with Crippen LogP contribution in [0.5, 0.6) is 0 Å². The highest BCUT2D eigenvalue weighted by Gasteiger charge is 2.29. The third kappa shape index (κ3) is 5.04. The van der Waals surface area contributed by atoms with Crippen molar-refractivity contribution >= 4 is 11.8 Å². The largest absolute Gasteiger partial charge is 0.368 e. The van der Waals surface area contributed by atoms with E-state index < -0.39 is 6.04 Å². The number of hydrogen-bond acceptors (Lipinski definition) is 4. The van der Waals surface area contributed by atoms with Crippen LogP contribution in [0.2, 0.25) is 0 Å². The zero-order chi connectivity index (χ0) is 16.7. The van der Waals surface area contributed by atoms with Crippen molar-refractivity contribution in [3.05, 3.63) is 35.9 Å².